The highest BCUT2D eigenvalue weighted by atomic mass is 19.3. The SMILES string of the molecule is C=CCOc1ccc(-c2cc(F)c(C(F)(F)Oc3cc(F)c(C#CC4=CC(F)C(F)C(F)=C4)c(F)c3)c(F)c2)cc1. The fourth-order valence-electron chi connectivity index (χ4n) is 3.74. The van der Waals surface area contributed by atoms with Crippen molar-refractivity contribution in [3.8, 4) is 34.5 Å². The van der Waals surface area contributed by atoms with Crippen molar-refractivity contribution in [2.45, 2.75) is 18.5 Å². The minimum absolute atomic E-state index is 0.0845. The maximum Gasteiger partial charge on any atom is 0.432 e. The second-order valence-electron chi connectivity index (χ2n) is 8.57. The van der Waals surface area contributed by atoms with Gasteiger partial charge in [-0.3, -0.25) is 0 Å². The topological polar surface area (TPSA) is 18.5 Å². The molecule has 3 aromatic carbocycles. The molecule has 3 aromatic rings. The zero-order valence-electron chi connectivity index (χ0n) is 20.6. The molecule has 41 heavy (non-hydrogen) atoms. The van der Waals surface area contributed by atoms with Crippen LogP contribution in [-0.4, -0.2) is 19.0 Å². The van der Waals surface area contributed by atoms with Gasteiger partial charge in [-0.1, -0.05) is 36.6 Å². The number of rotatable bonds is 7. The monoisotopic (exact) mass is 580 g/mol. The van der Waals surface area contributed by atoms with Gasteiger partial charge in [-0.2, -0.15) is 8.78 Å². The van der Waals surface area contributed by atoms with Gasteiger partial charge in [0.1, 0.15) is 52.8 Å². The molecule has 1 aliphatic carbocycles. The number of hydrogen-bond donors (Lipinski definition) is 0. The van der Waals surface area contributed by atoms with Crippen LogP contribution in [0.3, 0.4) is 0 Å². The van der Waals surface area contributed by atoms with Crippen LogP contribution >= 0.6 is 0 Å². The molecular weight excluding hydrogens is 563 g/mol. The van der Waals surface area contributed by atoms with Crippen LogP contribution in [-0.2, 0) is 6.11 Å². The third-order valence-corrected chi connectivity index (χ3v) is 5.66. The molecule has 0 radical (unpaired) electrons. The third-order valence-electron chi connectivity index (χ3n) is 5.66. The minimum Gasteiger partial charge on any atom is -0.490 e. The Labute approximate surface area is 228 Å². The van der Waals surface area contributed by atoms with Crippen LogP contribution in [0.1, 0.15) is 11.1 Å². The van der Waals surface area contributed by atoms with Crippen molar-refractivity contribution in [3.63, 3.8) is 0 Å². The molecule has 1 aliphatic rings. The predicted molar refractivity (Wildman–Crippen MR) is 132 cm³/mol. The summed E-state index contributed by atoms with van der Waals surface area (Å²) in [5.74, 6) is -4.63. The largest absolute Gasteiger partial charge is 0.490 e. The maximum absolute atomic E-state index is 14.8. The van der Waals surface area contributed by atoms with E-state index in [-0.39, 0.29) is 29.9 Å². The molecule has 212 valence electrons. The normalized spacial score (nSPS) is 16.7. The Bertz CT molecular complexity index is 1550. The van der Waals surface area contributed by atoms with E-state index in [1.165, 1.54) is 30.3 Å². The first-order chi connectivity index (χ1) is 19.4. The van der Waals surface area contributed by atoms with Crippen molar-refractivity contribution in [1.29, 1.82) is 0 Å². The number of halogens is 9. The fraction of sp³-hybridized carbons (Fsp3) is 0.133. The van der Waals surface area contributed by atoms with Crippen molar-refractivity contribution >= 4 is 0 Å². The second kappa shape index (κ2) is 11.9. The summed E-state index contributed by atoms with van der Waals surface area (Å²) >= 11 is 0. The zero-order chi connectivity index (χ0) is 29.9. The summed E-state index contributed by atoms with van der Waals surface area (Å²) in [7, 11) is 0. The summed E-state index contributed by atoms with van der Waals surface area (Å²) in [5.41, 5.74) is -3.02. The molecule has 0 bridgehead atoms. The minimum atomic E-state index is -4.71. The van der Waals surface area contributed by atoms with E-state index in [0.717, 1.165) is 0 Å². The van der Waals surface area contributed by atoms with Crippen LogP contribution in [0.15, 0.2) is 84.7 Å². The van der Waals surface area contributed by atoms with Crippen LogP contribution in [0.25, 0.3) is 11.1 Å². The van der Waals surface area contributed by atoms with Gasteiger partial charge < -0.3 is 9.47 Å². The molecule has 0 spiro atoms. The lowest BCUT2D eigenvalue weighted by Crippen LogP contribution is -2.25. The molecule has 0 saturated carbocycles. The lowest BCUT2D eigenvalue weighted by molar-refractivity contribution is -0.189. The summed E-state index contributed by atoms with van der Waals surface area (Å²) < 4.78 is 138. The highest BCUT2D eigenvalue weighted by molar-refractivity contribution is 5.65. The van der Waals surface area contributed by atoms with E-state index < -0.39 is 70.0 Å². The van der Waals surface area contributed by atoms with E-state index >= 15 is 0 Å². The molecule has 2 unspecified atom stereocenters. The summed E-state index contributed by atoms with van der Waals surface area (Å²) in [5, 5.41) is 0. The summed E-state index contributed by atoms with van der Waals surface area (Å²) in [6.45, 7) is 3.72. The van der Waals surface area contributed by atoms with Gasteiger partial charge in [0.25, 0.3) is 0 Å². The Morgan fingerprint density at radius 3 is 1.98 bits per heavy atom. The van der Waals surface area contributed by atoms with Gasteiger partial charge in [0.05, 0.1) is 5.56 Å². The van der Waals surface area contributed by atoms with Gasteiger partial charge in [0, 0.05) is 17.7 Å². The van der Waals surface area contributed by atoms with E-state index in [4.69, 9.17) is 4.74 Å². The van der Waals surface area contributed by atoms with Gasteiger partial charge in [-0.25, -0.2) is 30.7 Å². The second-order valence-corrected chi connectivity index (χ2v) is 8.57. The third kappa shape index (κ3) is 6.60. The van der Waals surface area contributed by atoms with Gasteiger partial charge in [0.15, 0.2) is 12.3 Å². The van der Waals surface area contributed by atoms with Gasteiger partial charge in [-0.15, -0.1) is 0 Å². The highest BCUT2D eigenvalue weighted by Gasteiger charge is 2.41. The molecule has 4 rings (SSSR count). The van der Waals surface area contributed by atoms with Crippen LogP contribution in [0.4, 0.5) is 39.5 Å². The number of ether oxygens (including phenoxy) is 2. The Kier molecular flexibility index (Phi) is 8.52. The first kappa shape index (κ1) is 29.4. The van der Waals surface area contributed by atoms with Crippen molar-refractivity contribution in [1.82, 2.24) is 0 Å². The molecular formula is C30H17F9O2. The van der Waals surface area contributed by atoms with E-state index in [9.17, 15) is 39.5 Å². The van der Waals surface area contributed by atoms with E-state index in [1.54, 1.807) is 0 Å². The molecule has 0 saturated heterocycles. The van der Waals surface area contributed by atoms with Crippen molar-refractivity contribution in [2.75, 3.05) is 6.61 Å². The lowest BCUT2D eigenvalue weighted by Gasteiger charge is -2.20. The Hall–Kier alpha value is -4.59. The molecule has 0 heterocycles. The Morgan fingerprint density at radius 2 is 1.41 bits per heavy atom. The summed E-state index contributed by atoms with van der Waals surface area (Å²) in [4.78, 5) is 0. The average molecular weight is 580 g/mol. The van der Waals surface area contributed by atoms with E-state index in [0.29, 0.717) is 30.0 Å². The molecule has 0 N–H and O–H groups in total. The first-order valence-electron chi connectivity index (χ1n) is 11.7. The first-order valence-corrected chi connectivity index (χ1v) is 11.7. The maximum atomic E-state index is 14.8. The van der Waals surface area contributed by atoms with Crippen LogP contribution in [0, 0.1) is 35.1 Å². The molecule has 0 aliphatic heterocycles. The average Bonchev–Trinajstić information content (AvgIpc) is 2.89. The number of hydrogen-bond acceptors (Lipinski definition) is 2. The van der Waals surface area contributed by atoms with Gasteiger partial charge >= 0.3 is 6.11 Å². The zero-order valence-corrected chi connectivity index (χ0v) is 20.6. The quantitative estimate of drug-likeness (QED) is 0.159. The van der Waals surface area contributed by atoms with E-state index in [1.807, 2.05) is 11.8 Å². The van der Waals surface area contributed by atoms with Crippen molar-refractivity contribution in [3.05, 3.63) is 119 Å². The summed E-state index contributed by atoms with van der Waals surface area (Å²) in [6, 6.07) is 7.72. The van der Waals surface area contributed by atoms with Crippen molar-refractivity contribution in [2.24, 2.45) is 0 Å². The highest BCUT2D eigenvalue weighted by Crippen LogP contribution is 2.38. The molecule has 0 fully saturated rings. The number of allylic oxidation sites excluding steroid dienone is 4. The number of benzene rings is 3. The van der Waals surface area contributed by atoms with Crippen LogP contribution < -0.4 is 9.47 Å². The molecule has 0 amide bonds. The molecule has 2 atom stereocenters. The smallest absolute Gasteiger partial charge is 0.432 e. The lowest BCUT2D eigenvalue weighted by atomic mass is 10.0. The van der Waals surface area contributed by atoms with Gasteiger partial charge in [-0.05, 0) is 47.5 Å². The number of alkyl halides is 4. The van der Waals surface area contributed by atoms with Crippen molar-refractivity contribution < 1.29 is 49.0 Å². The Balaban J connectivity index is 1.57. The van der Waals surface area contributed by atoms with Crippen LogP contribution in [0.2, 0.25) is 0 Å². The predicted octanol–water partition coefficient (Wildman–Crippen LogP) is 8.42. The molecule has 11 heteroatoms. The Morgan fingerprint density at radius 1 is 0.805 bits per heavy atom. The van der Waals surface area contributed by atoms with Gasteiger partial charge in [0.2, 0.25) is 0 Å². The van der Waals surface area contributed by atoms with E-state index in [2.05, 4.69) is 11.3 Å². The molecule has 0 aromatic heterocycles. The standard InChI is InChI=1S/C30H17F9O2/c1-2-9-40-19-6-4-17(5-7-19)18-12-24(33)28(25(34)13-18)30(38,39)41-20-14-22(31)21(23(32)15-20)8-3-16-10-26(35)29(37)27(36)11-16/h2,4-7,10-15,26,29H,1,9H2. The summed E-state index contributed by atoms with van der Waals surface area (Å²) in [6.07, 6.45) is -6.98. The van der Waals surface area contributed by atoms with Crippen LogP contribution in [0.5, 0.6) is 11.5 Å². The fourth-order valence-corrected chi connectivity index (χ4v) is 3.74. The molecule has 2 nitrogen and oxygen atoms in total.